The number of hydrogen-bond donors (Lipinski definition) is 2. The highest BCUT2D eigenvalue weighted by atomic mass is 16.4. The van der Waals surface area contributed by atoms with E-state index in [0.29, 0.717) is 17.1 Å². The van der Waals surface area contributed by atoms with Crippen molar-refractivity contribution in [3.05, 3.63) is 35.0 Å². The van der Waals surface area contributed by atoms with E-state index in [1.165, 1.54) is 19.1 Å². The molecule has 0 aliphatic heterocycles. The first-order chi connectivity index (χ1) is 9.88. The van der Waals surface area contributed by atoms with Gasteiger partial charge < -0.3 is 14.8 Å². The number of aromatic nitrogens is 1. The minimum atomic E-state index is -1.12. The first-order valence-corrected chi connectivity index (χ1v) is 6.84. The summed E-state index contributed by atoms with van der Waals surface area (Å²) in [7, 11) is 0. The fourth-order valence-electron chi connectivity index (χ4n) is 2.00. The average molecular weight is 291 g/mol. The van der Waals surface area contributed by atoms with E-state index < -0.39 is 17.9 Å². The number of ketones is 1. The maximum atomic E-state index is 11.6. The summed E-state index contributed by atoms with van der Waals surface area (Å²) >= 11 is 0. The molecule has 5 heteroatoms. The maximum absolute atomic E-state index is 11.6. The number of unbranched alkanes of at least 4 members (excludes halogenated alkanes) is 2. The highest BCUT2D eigenvalue weighted by Crippen LogP contribution is 2.01. The molecule has 1 rings (SSSR count). The van der Waals surface area contributed by atoms with Gasteiger partial charge in [0.2, 0.25) is 0 Å². The van der Waals surface area contributed by atoms with Gasteiger partial charge in [-0.15, -0.1) is 6.58 Å². The molecule has 0 bridgehead atoms. The maximum Gasteiger partial charge on any atom is 0.352 e. The van der Waals surface area contributed by atoms with Gasteiger partial charge in [0.05, 0.1) is 0 Å². The number of carboxylic acid groups (broad SMARTS) is 1. The van der Waals surface area contributed by atoms with Crippen molar-refractivity contribution in [1.82, 2.24) is 4.57 Å². The zero-order valence-corrected chi connectivity index (χ0v) is 12.2. The number of carbonyl (C=O) groups is 2. The predicted octanol–water partition coefficient (Wildman–Crippen LogP) is 0.683. The Morgan fingerprint density at radius 1 is 1.43 bits per heavy atom. The molecule has 0 saturated carbocycles. The third kappa shape index (κ3) is 4.43. The Bertz CT molecular complexity index is 640. The van der Waals surface area contributed by atoms with E-state index in [0.717, 1.165) is 19.3 Å². The molecule has 1 atom stereocenters. The molecule has 0 aromatic carbocycles. The minimum Gasteiger partial charge on any atom is -0.477 e. The molecule has 114 valence electrons. The second-order valence-corrected chi connectivity index (χ2v) is 4.90. The van der Waals surface area contributed by atoms with Gasteiger partial charge in [-0.2, -0.15) is 0 Å². The van der Waals surface area contributed by atoms with E-state index >= 15 is 0 Å². The number of allylic oxidation sites excluding steroid dienone is 1. The Hall–Kier alpha value is -2.14. The standard InChI is InChI=1S/C16H21NO4/c1-4-5-6-7-8-17-11(2)13(9-14(17)16(20)21)10-15(19)12(3)18/h4,9-10,12,18H,1-2,5-8H2,3H3,(H,20,21)/b13-10-. The third-order valence-electron chi connectivity index (χ3n) is 3.21. The molecule has 0 radical (unpaired) electrons. The molecule has 1 unspecified atom stereocenters. The molecule has 1 aromatic heterocycles. The van der Waals surface area contributed by atoms with Crippen LogP contribution in [0.3, 0.4) is 0 Å². The number of nitrogens with zero attached hydrogens (tertiary/aromatic N) is 1. The lowest BCUT2D eigenvalue weighted by Crippen LogP contribution is -2.30. The summed E-state index contributed by atoms with van der Waals surface area (Å²) in [5, 5.41) is 19.4. The van der Waals surface area contributed by atoms with Crippen LogP contribution in [0.4, 0.5) is 0 Å². The highest BCUT2D eigenvalue weighted by Gasteiger charge is 2.13. The summed E-state index contributed by atoms with van der Waals surface area (Å²) in [6.07, 6.45) is 4.52. The van der Waals surface area contributed by atoms with E-state index in [-0.39, 0.29) is 5.69 Å². The van der Waals surface area contributed by atoms with Crippen molar-refractivity contribution in [2.75, 3.05) is 0 Å². The molecule has 0 fully saturated rings. The monoisotopic (exact) mass is 291 g/mol. The molecule has 0 aliphatic rings. The van der Waals surface area contributed by atoms with Gasteiger partial charge in [-0.3, -0.25) is 4.79 Å². The van der Waals surface area contributed by atoms with Crippen LogP contribution in [0.1, 0.15) is 36.7 Å². The predicted molar refractivity (Wildman–Crippen MR) is 81.4 cm³/mol. The fraction of sp³-hybridized carbons (Fsp3) is 0.375. The van der Waals surface area contributed by atoms with Gasteiger partial charge in [-0.1, -0.05) is 12.7 Å². The Morgan fingerprint density at radius 3 is 2.62 bits per heavy atom. The number of carboxylic acids is 1. The van der Waals surface area contributed by atoms with Gasteiger partial charge in [-0.25, -0.2) is 4.79 Å². The molecule has 21 heavy (non-hydrogen) atoms. The molecule has 0 amide bonds. The number of aromatic carboxylic acids is 1. The summed E-state index contributed by atoms with van der Waals surface area (Å²) in [6, 6.07) is 1.42. The third-order valence-corrected chi connectivity index (χ3v) is 3.21. The van der Waals surface area contributed by atoms with E-state index in [4.69, 9.17) is 0 Å². The normalized spacial score (nSPS) is 13.1. The zero-order chi connectivity index (χ0) is 16.0. The van der Waals surface area contributed by atoms with Crippen LogP contribution in [0, 0.1) is 0 Å². The van der Waals surface area contributed by atoms with Crippen LogP contribution in [-0.4, -0.2) is 32.6 Å². The molecular weight excluding hydrogens is 270 g/mol. The summed E-state index contributed by atoms with van der Waals surface area (Å²) in [5.41, 5.74) is 0.100. The Morgan fingerprint density at radius 2 is 2.10 bits per heavy atom. The first kappa shape index (κ1) is 16.9. The molecule has 5 nitrogen and oxygen atoms in total. The van der Waals surface area contributed by atoms with E-state index in [1.807, 2.05) is 6.08 Å². The topological polar surface area (TPSA) is 79.5 Å². The lowest BCUT2D eigenvalue weighted by molar-refractivity contribution is -0.120. The van der Waals surface area contributed by atoms with Gasteiger partial charge in [-0.05, 0) is 38.3 Å². The average Bonchev–Trinajstić information content (AvgIpc) is 2.72. The van der Waals surface area contributed by atoms with Crippen molar-refractivity contribution < 1.29 is 19.8 Å². The number of hydrogen-bond acceptors (Lipinski definition) is 3. The Balaban J connectivity index is 3.15. The van der Waals surface area contributed by atoms with Crippen LogP contribution in [0.2, 0.25) is 0 Å². The molecule has 0 aliphatic carbocycles. The van der Waals surface area contributed by atoms with Gasteiger partial charge in [0.1, 0.15) is 11.8 Å². The second kappa shape index (κ2) is 7.59. The van der Waals surface area contributed by atoms with Crippen molar-refractivity contribution in [1.29, 1.82) is 0 Å². The van der Waals surface area contributed by atoms with Crippen molar-refractivity contribution in [2.45, 2.75) is 38.8 Å². The van der Waals surface area contributed by atoms with Crippen LogP contribution in [0.15, 0.2) is 18.7 Å². The van der Waals surface area contributed by atoms with E-state index in [9.17, 15) is 19.8 Å². The zero-order valence-electron chi connectivity index (χ0n) is 12.2. The van der Waals surface area contributed by atoms with Gasteiger partial charge in [0.25, 0.3) is 0 Å². The SMILES string of the molecule is C=CCCCCn1c(C(=O)O)c/c(=C/C(=O)C(C)O)c1=C. The van der Waals surface area contributed by atoms with Crippen LogP contribution in [0.5, 0.6) is 0 Å². The largest absolute Gasteiger partial charge is 0.477 e. The molecule has 2 N–H and O–H groups in total. The lowest BCUT2D eigenvalue weighted by atomic mass is 10.2. The second-order valence-electron chi connectivity index (χ2n) is 4.90. The first-order valence-electron chi connectivity index (χ1n) is 6.84. The summed E-state index contributed by atoms with van der Waals surface area (Å²) < 4.78 is 1.59. The lowest BCUT2D eigenvalue weighted by Gasteiger charge is -2.06. The highest BCUT2D eigenvalue weighted by molar-refractivity contribution is 6.08. The number of carbonyl (C=O) groups excluding carboxylic acids is 1. The van der Waals surface area contributed by atoms with Crippen LogP contribution < -0.4 is 10.6 Å². The van der Waals surface area contributed by atoms with Gasteiger partial charge in [0, 0.05) is 17.1 Å². The van der Waals surface area contributed by atoms with Gasteiger partial charge in [0.15, 0.2) is 5.78 Å². The van der Waals surface area contributed by atoms with E-state index in [2.05, 4.69) is 13.2 Å². The smallest absolute Gasteiger partial charge is 0.352 e. The molecule has 1 heterocycles. The van der Waals surface area contributed by atoms with Crippen LogP contribution in [-0.2, 0) is 11.3 Å². The van der Waals surface area contributed by atoms with Crippen molar-refractivity contribution in [3.63, 3.8) is 0 Å². The number of aliphatic hydroxyl groups is 1. The summed E-state index contributed by atoms with van der Waals surface area (Å²) in [5.74, 6) is -1.53. The van der Waals surface area contributed by atoms with Crippen LogP contribution >= 0.6 is 0 Å². The summed E-state index contributed by atoms with van der Waals surface area (Å²) in [4.78, 5) is 22.8. The summed E-state index contributed by atoms with van der Waals surface area (Å²) in [6.45, 7) is 9.38. The molecule has 0 saturated heterocycles. The van der Waals surface area contributed by atoms with Crippen molar-refractivity contribution in [2.24, 2.45) is 0 Å². The van der Waals surface area contributed by atoms with Gasteiger partial charge >= 0.3 is 5.97 Å². The fourth-order valence-corrected chi connectivity index (χ4v) is 2.00. The molecular formula is C16H21NO4. The molecule has 0 spiro atoms. The number of aliphatic hydroxyl groups excluding tert-OH is 1. The van der Waals surface area contributed by atoms with Crippen molar-refractivity contribution >= 4 is 24.4 Å². The van der Waals surface area contributed by atoms with Crippen LogP contribution in [0.25, 0.3) is 12.7 Å². The van der Waals surface area contributed by atoms with Crippen molar-refractivity contribution in [3.8, 4) is 0 Å². The minimum absolute atomic E-state index is 0.100. The molecule has 1 aromatic rings. The quantitative estimate of drug-likeness (QED) is 0.545. The number of Topliss-reactive ketones (excluding diaryl/α,β-unsaturated/α-hetero) is 1. The Labute approximate surface area is 123 Å². The number of rotatable bonds is 8. The van der Waals surface area contributed by atoms with E-state index in [1.54, 1.807) is 4.57 Å². The Kier molecular flexibility index (Phi) is 6.11.